The lowest BCUT2D eigenvalue weighted by Crippen LogP contribution is -2.53. The number of hydrogen-bond acceptors (Lipinski definition) is 3. The minimum absolute atomic E-state index is 0.0268. The molecule has 130 valence electrons. The molecule has 0 spiro atoms. The molecule has 0 radical (unpaired) electrons. The lowest BCUT2D eigenvalue weighted by Gasteiger charge is -2.32. The van der Waals surface area contributed by atoms with Crippen molar-refractivity contribution in [2.24, 2.45) is 0 Å². The Morgan fingerprint density at radius 1 is 0.667 bits per heavy atom. The highest BCUT2D eigenvalue weighted by Gasteiger charge is 2.71. The number of hydrogen-bond donors (Lipinski definition) is 3. The van der Waals surface area contributed by atoms with Gasteiger partial charge in [-0.15, -0.1) is 0 Å². The average Bonchev–Trinajstić information content (AvgIpc) is 2.44. The van der Waals surface area contributed by atoms with Crippen LogP contribution in [0.2, 0.25) is 0 Å². The molecule has 0 fully saturated rings. The van der Waals surface area contributed by atoms with Crippen LogP contribution in [0.5, 0.6) is 11.5 Å². The number of alkyl halides is 6. The number of aliphatic hydroxyl groups is 1. The first-order chi connectivity index (χ1) is 10.9. The highest BCUT2D eigenvalue weighted by Crippen LogP contribution is 2.50. The molecule has 0 saturated heterocycles. The van der Waals surface area contributed by atoms with Crippen molar-refractivity contribution in [2.75, 3.05) is 0 Å². The van der Waals surface area contributed by atoms with Crippen molar-refractivity contribution in [3.05, 3.63) is 48.0 Å². The molecule has 2 rings (SSSR count). The van der Waals surface area contributed by atoms with E-state index in [1.807, 2.05) is 0 Å². The Balaban J connectivity index is 2.56. The second kappa shape index (κ2) is 5.59. The van der Waals surface area contributed by atoms with Gasteiger partial charge in [-0.1, -0.05) is 30.3 Å². The van der Waals surface area contributed by atoms with E-state index in [1.165, 1.54) is 18.2 Å². The highest BCUT2D eigenvalue weighted by atomic mass is 19.4. The van der Waals surface area contributed by atoms with Crippen LogP contribution in [-0.2, 0) is 5.60 Å². The predicted octanol–water partition coefficient (Wildman–Crippen LogP) is 4.08. The van der Waals surface area contributed by atoms with E-state index in [4.69, 9.17) is 0 Å². The smallest absolute Gasteiger partial charge is 0.430 e. The third-order valence-electron chi connectivity index (χ3n) is 3.43. The molecule has 0 heterocycles. The normalized spacial score (nSPS) is 13.1. The fraction of sp³-hybridized carbons (Fsp3) is 0.200. The van der Waals surface area contributed by atoms with Gasteiger partial charge in [-0.25, -0.2) is 0 Å². The number of aromatic hydroxyl groups is 2. The van der Waals surface area contributed by atoms with Crippen LogP contribution in [0.3, 0.4) is 0 Å². The Labute approximate surface area is 131 Å². The maximum absolute atomic E-state index is 12.8. The van der Waals surface area contributed by atoms with Gasteiger partial charge in [-0.3, -0.25) is 0 Å². The zero-order chi connectivity index (χ0) is 18.3. The molecule has 3 N–H and O–H groups in total. The van der Waals surface area contributed by atoms with Crippen molar-refractivity contribution in [1.82, 2.24) is 0 Å². The summed E-state index contributed by atoms with van der Waals surface area (Å²) in [6.45, 7) is 0. The van der Waals surface area contributed by atoms with Crippen LogP contribution in [0.1, 0.15) is 5.56 Å². The van der Waals surface area contributed by atoms with Gasteiger partial charge in [0, 0.05) is 5.56 Å². The van der Waals surface area contributed by atoms with E-state index in [0.717, 1.165) is 12.1 Å². The van der Waals surface area contributed by atoms with Gasteiger partial charge in [0.05, 0.1) is 5.56 Å². The SMILES string of the molecule is Oc1cccc(O)c1-c1ccc(C(O)(C(F)(F)F)C(F)(F)F)cc1. The third-order valence-corrected chi connectivity index (χ3v) is 3.43. The van der Waals surface area contributed by atoms with Gasteiger partial charge in [0.2, 0.25) is 0 Å². The molecule has 0 atom stereocenters. The molecular formula is C15H10F6O3. The minimum atomic E-state index is -5.98. The lowest BCUT2D eigenvalue weighted by molar-refractivity contribution is -0.376. The van der Waals surface area contributed by atoms with Crippen molar-refractivity contribution in [3.63, 3.8) is 0 Å². The molecule has 0 unspecified atom stereocenters. The fourth-order valence-corrected chi connectivity index (χ4v) is 2.19. The van der Waals surface area contributed by atoms with Gasteiger partial charge in [0.15, 0.2) is 0 Å². The van der Waals surface area contributed by atoms with Crippen LogP contribution in [0.15, 0.2) is 42.5 Å². The standard InChI is InChI=1S/C15H10F6O3/c16-14(17,18)13(24,15(19,20)21)9-6-4-8(5-7-9)12-10(22)2-1-3-11(12)23/h1-7,22-24H. The minimum Gasteiger partial charge on any atom is -0.507 e. The molecule has 0 saturated carbocycles. The van der Waals surface area contributed by atoms with Crippen LogP contribution < -0.4 is 0 Å². The van der Waals surface area contributed by atoms with E-state index < -0.39 is 35.0 Å². The van der Waals surface area contributed by atoms with Gasteiger partial charge in [-0.05, 0) is 17.7 Å². The Morgan fingerprint density at radius 2 is 1.08 bits per heavy atom. The van der Waals surface area contributed by atoms with Crippen LogP contribution >= 0.6 is 0 Å². The van der Waals surface area contributed by atoms with E-state index in [0.29, 0.717) is 12.1 Å². The van der Waals surface area contributed by atoms with Crippen LogP contribution in [0.25, 0.3) is 11.1 Å². The van der Waals surface area contributed by atoms with E-state index in [-0.39, 0.29) is 11.1 Å². The monoisotopic (exact) mass is 352 g/mol. The summed E-state index contributed by atoms with van der Waals surface area (Å²) in [7, 11) is 0. The molecule has 9 heteroatoms. The van der Waals surface area contributed by atoms with Gasteiger partial charge in [0.25, 0.3) is 5.60 Å². The lowest BCUT2D eigenvalue weighted by atomic mass is 9.90. The summed E-state index contributed by atoms with van der Waals surface area (Å²) in [5.41, 5.74) is -6.65. The molecule has 0 aromatic heterocycles. The van der Waals surface area contributed by atoms with Crippen molar-refractivity contribution >= 4 is 0 Å². The quantitative estimate of drug-likeness (QED) is 0.714. The first-order valence-corrected chi connectivity index (χ1v) is 6.37. The van der Waals surface area contributed by atoms with Crippen molar-refractivity contribution < 1.29 is 41.7 Å². The van der Waals surface area contributed by atoms with Gasteiger partial charge in [0.1, 0.15) is 11.5 Å². The summed E-state index contributed by atoms with van der Waals surface area (Å²) >= 11 is 0. The summed E-state index contributed by atoms with van der Waals surface area (Å²) in [5, 5.41) is 28.6. The molecule has 0 bridgehead atoms. The summed E-state index contributed by atoms with van der Waals surface area (Å²) in [6.07, 6.45) is -12.0. The summed E-state index contributed by atoms with van der Waals surface area (Å²) in [5.74, 6) is -0.825. The van der Waals surface area contributed by atoms with Crippen molar-refractivity contribution in [2.45, 2.75) is 18.0 Å². The Kier molecular flexibility index (Phi) is 4.17. The Bertz CT molecular complexity index is 700. The Morgan fingerprint density at radius 3 is 1.46 bits per heavy atom. The van der Waals surface area contributed by atoms with Gasteiger partial charge >= 0.3 is 12.4 Å². The first kappa shape index (κ1) is 17.9. The number of benzene rings is 2. The molecule has 2 aromatic rings. The zero-order valence-electron chi connectivity index (χ0n) is 11.7. The van der Waals surface area contributed by atoms with Crippen LogP contribution in [-0.4, -0.2) is 27.7 Å². The summed E-state index contributed by atoms with van der Waals surface area (Å²) in [6, 6.07) is 6.19. The number of rotatable bonds is 2. The molecule has 2 aromatic carbocycles. The zero-order valence-corrected chi connectivity index (χ0v) is 11.7. The molecule has 24 heavy (non-hydrogen) atoms. The topological polar surface area (TPSA) is 60.7 Å². The second-order valence-electron chi connectivity index (χ2n) is 4.95. The van der Waals surface area contributed by atoms with E-state index in [1.54, 1.807) is 0 Å². The third kappa shape index (κ3) is 2.75. The fourth-order valence-electron chi connectivity index (χ4n) is 2.19. The van der Waals surface area contributed by atoms with Crippen LogP contribution in [0.4, 0.5) is 26.3 Å². The molecule has 0 aliphatic carbocycles. The van der Waals surface area contributed by atoms with E-state index in [9.17, 15) is 41.7 Å². The number of halogens is 6. The van der Waals surface area contributed by atoms with Crippen molar-refractivity contribution in [1.29, 1.82) is 0 Å². The van der Waals surface area contributed by atoms with Crippen molar-refractivity contribution in [3.8, 4) is 22.6 Å². The van der Waals surface area contributed by atoms with Crippen LogP contribution in [0, 0.1) is 0 Å². The molecule has 0 aliphatic heterocycles. The maximum Gasteiger partial charge on any atom is 0.430 e. The molecule has 0 aliphatic rings. The van der Waals surface area contributed by atoms with Gasteiger partial charge in [-0.2, -0.15) is 26.3 Å². The van der Waals surface area contributed by atoms with Gasteiger partial charge < -0.3 is 15.3 Å². The average molecular weight is 352 g/mol. The largest absolute Gasteiger partial charge is 0.507 e. The van der Waals surface area contributed by atoms with E-state index in [2.05, 4.69) is 0 Å². The number of phenols is 2. The summed E-state index contributed by atoms with van der Waals surface area (Å²) in [4.78, 5) is 0. The highest BCUT2D eigenvalue weighted by molar-refractivity contribution is 5.76. The summed E-state index contributed by atoms with van der Waals surface area (Å²) < 4.78 is 76.7. The first-order valence-electron chi connectivity index (χ1n) is 6.37. The molecule has 3 nitrogen and oxygen atoms in total. The van der Waals surface area contributed by atoms with E-state index >= 15 is 0 Å². The second-order valence-corrected chi connectivity index (χ2v) is 4.95. The molecule has 0 amide bonds. The predicted molar refractivity (Wildman–Crippen MR) is 71.2 cm³/mol. The Hall–Kier alpha value is -2.42. The maximum atomic E-state index is 12.8. The molecular weight excluding hydrogens is 342 g/mol. The number of phenolic OH excluding ortho intramolecular Hbond substituents is 2.